The fraction of sp³-hybridized carbons (Fsp3) is 0.571. The van der Waals surface area contributed by atoms with E-state index in [0.717, 1.165) is 32.5 Å². The normalized spacial score (nSPS) is 18.0. The van der Waals surface area contributed by atoms with Crippen LogP contribution in [0.5, 0.6) is 0 Å². The van der Waals surface area contributed by atoms with Crippen molar-refractivity contribution in [3.8, 4) is 0 Å². The lowest BCUT2D eigenvalue weighted by atomic mass is 9.96. The summed E-state index contributed by atoms with van der Waals surface area (Å²) in [4.78, 5) is 41.0. The first kappa shape index (κ1) is 19.5. The lowest BCUT2D eigenvalue weighted by molar-refractivity contribution is 0.0507. The van der Waals surface area contributed by atoms with Crippen LogP contribution in [0.4, 0.5) is 0 Å². The summed E-state index contributed by atoms with van der Waals surface area (Å²) in [5, 5.41) is 0. The van der Waals surface area contributed by atoms with Gasteiger partial charge in [-0.25, -0.2) is 0 Å². The summed E-state index contributed by atoms with van der Waals surface area (Å²) in [6.07, 6.45) is 3.03. The van der Waals surface area contributed by atoms with E-state index in [4.69, 9.17) is 4.74 Å². The molecule has 1 fully saturated rings. The lowest BCUT2D eigenvalue weighted by Crippen LogP contribution is -2.45. The third-order valence-electron chi connectivity index (χ3n) is 5.36. The Labute approximate surface area is 160 Å². The maximum atomic E-state index is 12.8. The molecule has 2 aliphatic rings. The molecule has 2 aliphatic heterocycles. The van der Waals surface area contributed by atoms with E-state index in [1.165, 1.54) is 4.90 Å². The first-order valence-electron chi connectivity index (χ1n) is 9.56. The third kappa shape index (κ3) is 3.90. The second-order valence-corrected chi connectivity index (χ2v) is 8.45. The lowest BCUT2D eigenvalue weighted by Gasteiger charge is -2.29. The van der Waals surface area contributed by atoms with Crippen molar-refractivity contribution in [1.82, 2.24) is 9.80 Å². The Kier molecular flexibility index (Phi) is 5.38. The van der Waals surface area contributed by atoms with Crippen LogP contribution in [0, 0.1) is 5.92 Å². The van der Waals surface area contributed by atoms with E-state index in [-0.39, 0.29) is 17.7 Å². The van der Waals surface area contributed by atoms with Gasteiger partial charge in [0.1, 0.15) is 0 Å². The Morgan fingerprint density at radius 1 is 1.15 bits per heavy atom. The molecule has 6 nitrogen and oxygen atoms in total. The molecule has 0 aromatic heterocycles. The van der Waals surface area contributed by atoms with Crippen molar-refractivity contribution in [1.29, 1.82) is 0 Å². The van der Waals surface area contributed by atoms with Crippen LogP contribution >= 0.6 is 0 Å². The van der Waals surface area contributed by atoms with Gasteiger partial charge in [-0.1, -0.05) is 0 Å². The van der Waals surface area contributed by atoms with Crippen LogP contribution in [0.25, 0.3) is 0 Å². The molecule has 27 heavy (non-hydrogen) atoms. The molecule has 3 amide bonds. The van der Waals surface area contributed by atoms with E-state index in [1.807, 2.05) is 20.8 Å². The highest BCUT2D eigenvalue weighted by molar-refractivity contribution is 6.22. The molecule has 0 aliphatic carbocycles. The fourth-order valence-corrected chi connectivity index (χ4v) is 3.72. The summed E-state index contributed by atoms with van der Waals surface area (Å²) < 4.78 is 5.37. The minimum Gasteiger partial charge on any atom is -0.381 e. The van der Waals surface area contributed by atoms with Crippen molar-refractivity contribution < 1.29 is 19.1 Å². The average Bonchev–Trinajstić information content (AvgIpc) is 2.90. The Hall–Kier alpha value is -2.21. The molecule has 1 aromatic carbocycles. The number of fused-ring (bicyclic) bond motifs is 1. The van der Waals surface area contributed by atoms with Gasteiger partial charge in [0.05, 0.1) is 11.1 Å². The van der Waals surface area contributed by atoms with Crippen molar-refractivity contribution in [2.75, 3.05) is 26.8 Å². The van der Waals surface area contributed by atoms with Gasteiger partial charge in [-0.3, -0.25) is 19.3 Å². The quantitative estimate of drug-likeness (QED) is 0.762. The van der Waals surface area contributed by atoms with Crippen LogP contribution in [0.1, 0.15) is 71.1 Å². The van der Waals surface area contributed by atoms with Crippen molar-refractivity contribution in [2.24, 2.45) is 5.92 Å². The molecule has 1 saturated heterocycles. The number of nitrogens with zero attached hydrogens (tertiary/aromatic N) is 2. The number of ether oxygens (including phenoxy) is 1. The molecule has 0 bridgehead atoms. The van der Waals surface area contributed by atoms with Crippen molar-refractivity contribution in [3.63, 3.8) is 0 Å². The van der Waals surface area contributed by atoms with Gasteiger partial charge in [0, 0.05) is 37.9 Å². The molecule has 6 heteroatoms. The van der Waals surface area contributed by atoms with Gasteiger partial charge in [-0.15, -0.1) is 0 Å². The zero-order chi connectivity index (χ0) is 19.8. The molecule has 0 saturated carbocycles. The molecular formula is C21H28N2O4. The molecule has 0 spiro atoms. The molecule has 0 N–H and O–H groups in total. The number of hydrogen-bond acceptors (Lipinski definition) is 4. The van der Waals surface area contributed by atoms with Crippen LogP contribution in [0.2, 0.25) is 0 Å². The van der Waals surface area contributed by atoms with Crippen molar-refractivity contribution in [3.05, 3.63) is 34.9 Å². The fourth-order valence-electron chi connectivity index (χ4n) is 3.72. The van der Waals surface area contributed by atoms with Crippen LogP contribution in [-0.2, 0) is 4.74 Å². The summed E-state index contributed by atoms with van der Waals surface area (Å²) >= 11 is 0. The van der Waals surface area contributed by atoms with E-state index in [1.54, 1.807) is 30.1 Å². The van der Waals surface area contributed by atoms with Gasteiger partial charge in [-0.05, 0) is 64.2 Å². The summed E-state index contributed by atoms with van der Waals surface area (Å²) in [6.45, 7) is 7.74. The van der Waals surface area contributed by atoms with E-state index >= 15 is 0 Å². The number of hydrogen-bond donors (Lipinski definition) is 0. The molecule has 0 unspecified atom stereocenters. The van der Waals surface area contributed by atoms with E-state index in [9.17, 15) is 14.4 Å². The SMILES string of the molecule is CN(CCC1CCOCC1)C(=O)c1ccc2c(c1)C(=O)N(C(C)(C)C)C2=O. The second-order valence-electron chi connectivity index (χ2n) is 8.45. The van der Waals surface area contributed by atoms with E-state index in [2.05, 4.69) is 0 Å². The predicted octanol–water partition coefficient (Wildman–Crippen LogP) is 2.97. The number of imide groups is 1. The zero-order valence-electron chi connectivity index (χ0n) is 16.6. The van der Waals surface area contributed by atoms with Gasteiger partial charge in [0.25, 0.3) is 17.7 Å². The van der Waals surface area contributed by atoms with Gasteiger partial charge in [0.2, 0.25) is 0 Å². The number of amides is 3. The third-order valence-corrected chi connectivity index (χ3v) is 5.36. The number of carbonyl (C=O) groups excluding carboxylic acids is 3. The molecular weight excluding hydrogens is 344 g/mol. The minimum absolute atomic E-state index is 0.126. The Bertz CT molecular complexity index is 760. The molecule has 146 valence electrons. The summed E-state index contributed by atoms with van der Waals surface area (Å²) in [7, 11) is 1.78. The van der Waals surface area contributed by atoms with Gasteiger partial charge >= 0.3 is 0 Å². The first-order valence-corrected chi connectivity index (χ1v) is 9.56. The second kappa shape index (κ2) is 7.43. The monoisotopic (exact) mass is 372 g/mol. The highest BCUT2D eigenvalue weighted by atomic mass is 16.5. The van der Waals surface area contributed by atoms with Crippen molar-refractivity contribution >= 4 is 17.7 Å². The van der Waals surface area contributed by atoms with Crippen molar-refractivity contribution in [2.45, 2.75) is 45.6 Å². The predicted molar refractivity (Wildman–Crippen MR) is 102 cm³/mol. The highest BCUT2D eigenvalue weighted by Gasteiger charge is 2.42. The standard InChI is InChI=1S/C21H28N2O4/c1-21(2,3)23-19(25)16-6-5-15(13-17(16)20(23)26)18(24)22(4)10-7-14-8-11-27-12-9-14/h5-6,13-14H,7-12H2,1-4H3. The maximum absolute atomic E-state index is 12.8. The molecule has 1 aromatic rings. The molecule has 2 heterocycles. The molecule has 3 rings (SSSR count). The summed E-state index contributed by atoms with van der Waals surface area (Å²) in [5.41, 5.74) is 0.535. The highest BCUT2D eigenvalue weighted by Crippen LogP contribution is 2.30. The maximum Gasteiger partial charge on any atom is 0.262 e. The first-order chi connectivity index (χ1) is 12.7. The number of carbonyl (C=O) groups is 3. The van der Waals surface area contributed by atoms with Gasteiger partial charge in [0.15, 0.2) is 0 Å². The Morgan fingerprint density at radius 2 is 1.78 bits per heavy atom. The summed E-state index contributed by atoms with van der Waals surface area (Å²) in [5.74, 6) is -0.163. The number of rotatable bonds is 4. The topological polar surface area (TPSA) is 66.9 Å². The Balaban J connectivity index is 1.72. The van der Waals surface area contributed by atoms with E-state index in [0.29, 0.717) is 29.2 Å². The molecule has 0 atom stereocenters. The Morgan fingerprint density at radius 3 is 2.41 bits per heavy atom. The zero-order valence-corrected chi connectivity index (χ0v) is 16.6. The average molecular weight is 372 g/mol. The largest absolute Gasteiger partial charge is 0.381 e. The minimum atomic E-state index is -0.599. The molecule has 0 radical (unpaired) electrons. The van der Waals surface area contributed by atoms with E-state index < -0.39 is 5.54 Å². The summed E-state index contributed by atoms with van der Waals surface area (Å²) in [6, 6.07) is 4.80. The number of benzene rings is 1. The smallest absolute Gasteiger partial charge is 0.262 e. The van der Waals surface area contributed by atoms with Crippen LogP contribution in [0.3, 0.4) is 0 Å². The van der Waals surface area contributed by atoms with Gasteiger partial charge < -0.3 is 9.64 Å². The van der Waals surface area contributed by atoms with Crippen LogP contribution in [-0.4, -0.2) is 59.9 Å². The van der Waals surface area contributed by atoms with Gasteiger partial charge in [-0.2, -0.15) is 0 Å². The van der Waals surface area contributed by atoms with Crippen LogP contribution < -0.4 is 0 Å². The van der Waals surface area contributed by atoms with Crippen LogP contribution in [0.15, 0.2) is 18.2 Å².